The molecule has 2 atom stereocenters. The molecule has 0 radical (unpaired) electrons. The highest BCUT2D eigenvalue weighted by Crippen LogP contribution is 2.38. The number of likely N-dealkylation sites (tertiary alicyclic amines) is 1. The molecule has 1 amide bonds. The third kappa shape index (κ3) is 3.10. The molecule has 1 aliphatic heterocycles. The monoisotopic (exact) mass is 322 g/mol. The van der Waals surface area contributed by atoms with Crippen LogP contribution in [0.4, 0.5) is 13.2 Å². The minimum Gasteiger partial charge on any atom is -0.481 e. The number of carboxylic acid groups (broad SMARTS) is 1. The summed E-state index contributed by atoms with van der Waals surface area (Å²) in [5, 5.41) is 8.90. The van der Waals surface area contributed by atoms with Crippen LogP contribution in [-0.4, -0.2) is 46.1 Å². The zero-order valence-electron chi connectivity index (χ0n) is 10.5. The quantitative estimate of drug-likeness (QED) is 0.905. The van der Waals surface area contributed by atoms with E-state index in [0.717, 1.165) is 4.90 Å². The van der Waals surface area contributed by atoms with Crippen LogP contribution in [0.5, 0.6) is 0 Å². The van der Waals surface area contributed by atoms with E-state index in [9.17, 15) is 22.8 Å². The number of aliphatic carboxylic acids is 1. The van der Waals surface area contributed by atoms with Gasteiger partial charge < -0.3 is 10.0 Å². The predicted octanol–water partition coefficient (Wildman–Crippen LogP) is 2.07. The number of alkyl halides is 3. The summed E-state index contributed by atoms with van der Waals surface area (Å²) in [6, 6.07) is 1.28. The fourth-order valence-electron chi connectivity index (χ4n) is 2.27. The number of amides is 1. The molecule has 1 aromatic heterocycles. The first-order valence-electron chi connectivity index (χ1n) is 5.90. The van der Waals surface area contributed by atoms with Crippen LogP contribution in [0, 0.1) is 11.8 Å². The number of hydrogen-bond donors (Lipinski definition) is 1. The second-order valence-corrected chi connectivity index (χ2v) is 5.07. The minimum atomic E-state index is -4.68. The van der Waals surface area contributed by atoms with Gasteiger partial charge in [0.1, 0.15) is 0 Å². The summed E-state index contributed by atoms with van der Waals surface area (Å²) in [6.07, 6.45) is -2.20. The molecule has 2 heterocycles. The summed E-state index contributed by atoms with van der Waals surface area (Å²) in [7, 11) is 0. The van der Waals surface area contributed by atoms with E-state index in [0.29, 0.717) is 0 Å². The van der Waals surface area contributed by atoms with Crippen molar-refractivity contribution in [3.63, 3.8) is 0 Å². The third-order valence-electron chi connectivity index (χ3n) is 3.35. The number of nitrogens with zero attached hydrogens (tertiary/aromatic N) is 2. The van der Waals surface area contributed by atoms with Gasteiger partial charge in [-0.25, -0.2) is 0 Å². The second-order valence-electron chi connectivity index (χ2n) is 4.66. The number of rotatable bonds is 2. The van der Waals surface area contributed by atoms with E-state index in [-0.39, 0.29) is 10.6 Å². The van der Waals surface area contributed by atoms with Gasteiger partial charge in [-0.15, -0.1) is 0 Å². The molecule has 0 unspecified atom stereocenters. The number of carbonyl (C=O) groups excluding carboxylic acids is 1. The lowest BCUT2D eigenvalue weighted by Gasteiger charge is -2.18. The maximum atomic E-state index is 12.9. The molecule has 0 aromatic carbocycles. The SMILES string of the molecule is O=C(O)[C@@H]1CN(C(=O)c2ccncc2Cl)C[C@H]1C(F)(F)F. The summed E-state index contributed by atoms with van der Waals surface area (Å²) in [5.41, 5.74) is -0.00127. The van der Waals surface area contributed by atoms with Crippen LogP contribution in [0.3, 0.4) is 0 Å². The van der Waals surface area contributed by atoms with Gasteiger partial charge in [-0.1, -0.05) is 11.6 Å². The largest absolute Gasteiger partial charge is 0.481 e. The van der Waals surface area contributed by atoms with E-state index in [2.05, 4.69) is 4.98 Å². The van der Waals surface area contributed by atoms with E-state index >= 15 is 0 Å². The first-order valence-corrected chi connectivity index (χ1v) is 6.28. The van der Waals surface area contributed by atoms with Crippen LogP contribution in [0.1, 0.15) is 10.4 Å². The van der Waals surface area contributed by atoms with Gasteiger partial charge in [-0.05, 0) is 6.07 Å². The molecule has 21 heavy (non-hydrogen) atoms. The molecule has 5 nitrogen and oxygen atoms in total. The lowest BCUT2D eigenvalue weighted by atomic mass is 9.96. The summed E-state index contributed by atoms with van der Waals surface area (Å²) >= 11 is 5.77. The molecule has 0 spiro atoms. The van der Waals surface area contributed by atoms with Gasteiger partial charge in [-0.2, -0.15) is 13.2 Å². The van der Waals surface area contributed by atoms with Crippen molar-refractivity contribution in [1.29, 1.82) is 0 Å². The molecule has 0 saturated carbocycles. The normalized spacial score (nSPS) is 22.4. The lowest BCUT2D eigenvalue weighted by molar-refractivity contribution is -0.187. The number of pyridine rings is 1. The van der Waals surface area contributed by atoms with Crippen molar-refractivity contribution in [1.82, 2.24) is 9.88 Å². The first-order chi connectivity index (χ1) is 9.71. The molecule has 1 fully saturated rings. The number of carboxylic acids is 1. The van der Waals surface area contributed by atoms with Crippen LogP contribution < -0.4 is 0 Å². The Labute approximate surface area is 122 Å². The highest BCUT2D eigenvalue weighted by Gasteiger charge is 2.53. The highest BCUT2D eigenvalue weighted by atomic mass is 35.5. The maximum Gasteiger partial charge on any atom is 0.394 e. The summed E-state index contributed by atoms with van der Waals surface area (Å²) in [6.45, 7) is -1.20. The van der Waals surface area contributed by atoms with Crippen molar-refractivity contribution in [2.24, 2.45) is 11.8 Å². The zero-order chi connectivity index (χ0) is 15.8. The Hall–Kier alpha value is -1.83. The first kappa shape index (κ1) is 15.6. The van der Waals surface area contributed by atoms with Crippen LogP contribution in [-0.2, 0) is 4.79 Å². The highest BCUT2D eigenvalue weighted by molar-refractivity contribution is 6.33. The molecule has 114 valence electrons. The van der Waals surface area contributed by atoms with Crippen molar-refractivity contribution in [3.8, 4) is 0 Å². The molecule has 9 heteroatoms. The zero-order valence-corrected chi connectivity index (χ0v) is 11.2. The van der Waals surface area contributed by atoms with Crippen molar-refractivity contribution in [3.05, 3.63) is 29.0 Å². The van der Waals surface area contributed by atoms with Crippen LogP contribution >= 0.6 is 11.6 Å². The lowest BCUT2D eigenvalue weighted by Crippen LogP contribution is -2.34. The van der Waals surface area contributed by atoms with Gasteiger partial charge in [0.15, 0.2) is 0 Å². The Kier molecular flexibility index (Phi) is 4.08. The minimum absolute atomic E-state index is 0.00127. The van der Waals surface area contributed by atoms with Gasteiger partial charge in [-0.3, -0.25) is 14.6 Å². The Morgan fingerprint density at radius 1 is 1.38 bits per heavy atom. The van der Waals surface area contributed by atoms with E-state index < -0.39 is 43.0 Å². The number of hydrogen-bond acceptors (Lipinski definition) is 3. The van der Waals surface area contributed by atoms with Crippen LogP contribution in [0.15, 0.2) is 18.5 Å². The summed E-state index contributed by atoms with van der Waals surface area (Å²) in [4.78, 5) is 27.7. The van der Waals surface area contributed by atoms with Crippen molar-refractivity contribution < 1.29 is 27.9 Å². The average molecular weight is 323 g/mol. The van der Waals surface area contributed by atoms with Crippen molar-refractivity contribution in [2.45, 2.75) is 6.18 Å². The Balaban J connectivity index is 2.25. The fraction of sp³-hybridized carbons (Fsp3) is 0.417. The molecular formula is C12H10ClF3N2O3. The standard InChI is InChI=1S/C12H10ClF3N2O3/c13-9-3-17-2-1-6(9)10(19)18-4-7(11(20)21)8(5-18)12(14,15)16/h1-3,7-8H,4-5H2,(H,20,21)/t7-,8-/m1/s1. The molecule has 2 rings (SSSR count). The van der Waals surface area contributed by atoms with E-state index in [1.54, 1.807) is 0 Å². The van der Waals surface area contributed by atoms with E-state index in [4.69, 9.17) is 16.7 Å². The van der Waals surface area contributed by atoms with Gasteiger partial charge in [0, 0.05) is 25.5 Å². The van der Waals surface area contributed by atoms with Crippen molar-refractivity contribution in [2.75, 3.05) is 13.1 Å². The van der Waals surface area contributed by atoms with Crippen LogP contribution in [0.25, 0.3) is 0 Å². The molecule has 0 bridgehead atoms. The predicted molar refractivity (Wildman–Crippen MR) is 65.8 cm³/mol. The van der Waals surface area contributed by atoms with Gasteiger partial charge in [0.05, 0.1) is 22.4 Å². The maximum absolute atomic E-state index is 12.9. The van der Waals surface area contributed by atoms with E-state index in [1.807, 2.05) is 0 Å². The van der Waals surface area contributed by atoms with Crippen LogP contribution in [0.2, 0.25) is 5.02 Å². The summed E-state index contributed by atoms with van der Waals surface area (Å²) < 4.78 is 38.6. The topological polar surface area (TPSA) is 70.5 Å². The fourth-order valence-corrected chi connectivity index (χ4v) is 2.47. The molecule has 1 aromatic rings. The third-order valence-corrected chi connectivity index (χ3v) is 3.65. The van der Waals surface area contributed by atoms with Gasteiger partial charge in [0.25, 0.3) is 5.91 Å². The Morgan fingerprint density at radius 2 is 2.05 bits per heavy atom. The molecule has 0 aliphatic carbocycles. The number of aromatic nitrogens is 1. The average Bonchev–Trinajstić information content (AvgIpc) is 2.83. The van der Waals surface area contributed by atoms with Gasteiger partial charge in [0.2, 0.25) is 0 Å². The molecule has 1 saturated heterocycles. The Bertz CT molecular complexity index is 579. The van der Waals surface area contributed by atoms with E-state index in [1.165, 1.54) is 18.5 Å². The summed E-state index contributed by atoms with van der Waals surface area (Å²) in [5.74, 6) is -6.07. The van der Waals surface area contributed by atoms with Gasteiger partial charge >= 0.3 is 12.1 Å². The smallest absolute Gasteiger partial charge is 0.394 e. The second kappa shape index (κ2) is 5.51. The molecular weight excluding hydrogens is 313 g/mol. The molecule has 1 N–H and O–H groups in total. The molecule has 1 aliphatic rings. The van der Waals surface area contributed by atoms with Crippen molar-refractivity contribution >= 4 is 23.5 Å². The Morgan fingerprint density at radius 3 is 2.52 bits per heavy atom. The number of halogens is 4. The number of carbonyl (C=O) groups is 2.